The molecule has 0 aromatic carbocycles. The molecule has 22 heavy (non-hydrogen) atoms. The lowest BCUT2D eigenvalue weighted by molar-refractivity contribution is 0.0867. The van der Waals surface area contributed by atoms with Crippen LogP contribution in [0, 0.1) is 17.3 Å². The van der Waals surface area contributed by atoms with Gasteiger partial charge in [-0.1, -0.05) is 24.7 Å². The van der Waals surface area contributed by atoms with Gasteiger partial charge in [0, 0.05) is 30.0 Å². The third-order valence-electron chi connectivity index (χ3n) is 4.18. The number of hydrogen-bond donors (Lipinski definition) is 2. The SMILES string of the molecule is CN(Cc1ccc(C#CC(C)(C)O)s1)CC1(CO)CCCC1. The fourth-order valence-corrected chi connectivity index (χ4v) is 4.07. The van der Waals surface area contributed by atoms with Crippen LogP contribution in [0.4, 0.5) is 0 Å². The Kier molecular flexibility index (Phi) is 5.68. The Hall–Kier alpha value is -0.860. The van der Waals surface area contributed by atoms with Crippen LogP contribution in [0.5, 0.6) is 0 Å². The van der Waals surface area contributed by atoms with E-state index in [1.165, 1.54) is 17.7 Å². The second-order valence-corrected chi connectivity index (χ2v) is 8.28. The van der Waals surface area contributed by atoms with Gasteiger partial charge in [0.25, 0.3) is 0 Å². The van der Waals surface area contributed by atoms with Gasteiger partial charge in [-0.3, -0.25) is 0 Å². The average molecular weight is 321 g/mol. The number of hydrogen-bond acceptors (Lipinski definition) is 4. The summed E-state index contributed by atoms with van der Waals surface area (Å²) in [6.07, 6.45) is 4.76. The van der Waals surface area contributed by atoms with Crippen molar-refractivity contribution in [3.8, 4) is 11.8 Å². The van der Waals surface area contributed by atoms with Crippen molar-refractivity contribution < 1.29 is 10.2 Å². The molecule has 2 N–H and O–H groups in total. The van der Waals surface area contributed by atoms with Crippen molar-refractivity contribution in [2.45, 2.75) is 51.7 Å². The quantitative estimate of drug-likeness (QED) is 0.820. The number of thiophene rings is 1. The zero-order chi connectivity index (χ0) is 16.2. The molecule has 1 fully saturated rings. The van der Waals surface area contributed by atoms with E-state index in [9.17, 15) is 10.2 Å². The normalized spacial score (nSPS) is 17.5. The summed E-state index contributed by atoms with van der Waals surface area (Å²) in [7, 11) is 2.12. The van der Waals surface area contributed by atoms with Gasteiger partial charge in [0.1, 0.15) is 5.60 Å². The summed E-state index contributed by atoms with van der Waals surface area (Å²) in [5.74, 6) is 5.88. The molecular weight excluding hydrogens is 294 g/mol. The Morgan fingerprint density at radius 1 is 1.32 bits per heavy atom. The molecule has 4 heteroatoms. The number of aliphatic hydroxyl groups is 2. The number of nitrogens with zero attached hydrogens (tertiary/aromatic N) is 1. The Bertz CT molecular complexity index is 541. The van der Waals surface area contributed by atoms with E-state index in [-0.39, 0.29) is 5.41 Å². The van der Waals surface area contributed by atoms with Gasteiger partial charge < -0.3 is 15.1 Å². The first-order chi connectivity index (χ1) is 10.3. The lowest BCUT2D eigenvalue weighted by Gasteiger charge is -2.31. The van der Waals surface area contributed by atoms with Crippen LogP contribution in [0.15, 0.2) is 12.1 Å². The Morgan fingerprint density at radius 3 is 2.59 bits per heavy atom. The maximum absolute atomic E-state index is 9.72. The van der Waals surface area contributed by atoms with E-state index in [1.54, 1.807) is 25.2 Å². The van der Waals surface area contributed by atoms with Crippen LogP contribution in [0.3, 0.4) is 0 Å². The summed E-state index contributed by atoms with van der Waals surface area (Å²) in [5, 5.41) is 19.4. The van der Waals surface area contributed by atoms with Gasteiger partial charge in [-0.15, -0.1) is 11.3 Å². The van der Waals surface area contributed by atoms with Crippen LogP contribution >= 0.6 is 11.3 Å². The molecule has 0 aliphatic heterocycles. The highest BCUT2D eigenvalue weighted by Crippen LogP contribution is 2.38. The van der Waals surface area contributed by atoms with E-state index in [2.05, 4.69) is 29.9 Å². The molecule has 1 heterocycles. The average Bonchev–Trinajstić information content (AvgIpc) is 3.06. The highest BCUT2D eigenvalue weighted by atomic mass is 32.1. The van der Waals surface area contributed by atoms with Crippen molar-refractivity contribution in [1.82, 2.24) is 4.90 Å². The first-order valence-corrected chi connectivity index (χ1v) is 8.77. The maximum Gasteiger partial charge on any atom is 0.120 e. The molecule has 122 valence electrons. The highest BCUT2D eigenvalue weighted by Gasteiger charge is 2.34. The van der Waals surface area contributed by atoms with Crippen molar-refractivity contribution in [2.24, 2.45) is 5.41 Å². The summed E-state index contributed by atoms with van der Waals surface area (Å²) >= 11 is 1.68. The molecule has 1 aromatic heterocycles. The van der Waals surface area contributed by atoms with E-state index >= 15 is 0 Å². The van der Waals surface area contributed by atoms with Gasteiger partial charge in [-0.25, -0.2) is 0 Å². The van der Waals surface area contributed by atoms with Crippen LogP contribution in [0.1, 0.15) is 49.3 Å². The molecule has 0 radical (unpaired) electrons. The second kappa shape index (κ2) is 7.14. The molecule has 1 aliphatic rings. The summed E-state index contributed by atoms with van der Waals surface area (Å²) in [6.45, 7) is 5.52. The fraction of sp³-hybridized carbons (Fsp3) is 0.667. The third-order valence-corrected chi connectivity index (χ3v) is 5.17. The Balaban J connectivity index is 1.93. The smallest absolute Gasteiger partial charge is 0.120 e. The first-order valence-electron chi connectivity index (χ1n) is 7.96. The first kappa shape index (κ1) is 17.5. The Morgan fingerprint density at radius 2 is 2.00 bits per heavy atom. The summed E-state index contributed by atoms with van der Waals surface area (Å²) in [6, 6.07) is 4.12. The number of rotatable bonds is 5. The molecule has 0 spiro atoms. The molecule has 0 bridgehead atoms. The standard InChI is InChI=1S/C18H27NO2S/c1-17(2,21)11-8-15-6-7-16(22-15)12-19(3)13-18(14-20)9-4-5-10-18/h6-7,20-21H,4-5,9-10,12-14H2,1-3H3. The highest BCUT2D eigenvalue weighted by molar-refractivity contribution is 7.12. The number of aliphatic hydroxyl groups excluding tert-OH is 1. The zero-order valence-corrected chi connectivity index (χ0v) is 14.7. The monoisotopic (exact) mass is 321 g/mol. The predicted octanol–water partition coefficient (Wildman–Crippen LogP) is 2.86. The van der Waals surface area contributed by atoms with Crippen molar-refractivity contribution in [2.75, 3.05) is 20.2 Å². The maximum atomic E-state index is 9.72. The van der Waals surface area contributed by atoms with Crippen molar-refractivity contribution >= 4 is 11.3 Å². The summed E-state index contributed by atoms with van der Waals surface area (Å²) in [5.41, 5.74) is -0.841. The molecule has 0 saturated heterocycles. The lowest BCUT2D eigenvalue weighted by Crippen LogP contribution is -2.36. The van der Waals surface area contributed by atoms with Crippen molar-refractivity contribution in [1.29, 1.82) is 0 Å². The molecule has 3 nitrogen and oxygen atoms in total. The predicted molar refractivity (Wildman–Crippen MR) is 91.8 cm³/mol. The summed E-state index contributed by atoms with van der Waals surface area (Å²) < 4.78 is 0. The van der Waals surface area contributed by atoms with E-state index in [0.29, 0.717) is 6.61 Å². The molecule has 0 amide bonds. The minimum Gasteiger partial charge on any atom is -0.396 e. The van der Waals surface area contributed by atoms with Crippen LogP contribution in [0.2, 0.25) is 0 Å². The van der Waals surface area contributed by atoms with Gasteiger partial charge in [-0.05, 0) is 45.9 Å². The molecule has 1 aliphatic carbocycles. The molecule has 0 atom stereocenters. The fourth-order valence-electron chi connectivity index (χ4n) is 3.13. The minimum absolute atomic E-state index is 0.107. The van der Waals surface area contributed by atoms with Gasteiger partial charge >= 0.3 is 0 Å². The van der Waals surface area contributed by atoms with E-state index in [1.807, 2.05) is 6.07 Å². The van der Waals surface area contributed by atoms with E-state index < -0.39 is 5.60 Å². The van der Waals surface area contributed by atoms with E-state index in [0.717, 1.165) is 30.8 Å². The van der Waals surface area contributed by atoms with Crippen LogP contribution in [-0.4, -0.2) is 40.9 Å². The largest absolute Gasteiger partial charge is 0.396 e. The van der Waals surface area contributed by atoms with Gasteiger partial charge in [0.05, 0.1) is 4.88 Å². The molecule has 1 aromatic rings. The molecule has 0 unspecified atom stereocenters. The lowest BCUT2D eigenvalue weighted by atomic mass is 9.87. The zero-order valence-electron chi connectivity index (χ0n) is 13.9. The second-order valence-electron chi connectivity index (χ2n) is 7.11. The van der Waals surface area contributed by atoms with Gasteiger partial charge in [0.2, 0.25) is 0 Å². The molecule has 1 saturated carbocycles. The summed E-state index contributed by atoms with van der Waals surface area (Å²) in [4.78, 5) is 4.57. The van der Waals surface area contributed by atoms with Crippen LogP contribution < -0.4 is 0 Å². The molecule has 2 rings (SSSR count). The molecular formula is C18H27NO2S. The minimum atomic E-state index is -0.947. The van der Waals surface area contributed by atoms with Gasteiger partial charge in [-0.2, -0.15) is 0 Å². The Labute approximate surface area is 138 Å². The third kappa shape index (κ3) is 5.10. The topological polar surface area (TPSA) is 43.7 Å². The van der Waals surface area contributed by atoms with E-state index in [4.69, 9.17) is 0 Å². The van der Waals surface area contributed by atoms with Crippen molar-refractivity contribution in [3.63, 3.8) is 0 Å². The van der Waals surface area contributed by atoms with Crippen molar-refractivity contribution in [3.05, 3.63) is 21.9 Å². The van der Waals surface area contributed by atoms with Gasteiger partial charge in [0.15, 0.2) is 0 Å². The van der Waals surface area contributed by atoms with Crippen LogP contribution in [0.25, 0.3) is 0 Å². The van der Waals surface area contributed by atoms with Crippen LogP contribution in [-0.2, 0) is 6.54 Å².